The highest BCUT2D eigenvalue weighted by atomic mass is 35.5. The molecule has 2 rings (SSSR count). The number of carbonyl (C=O) groups excluding carboxylic acids is 2. The van der Waals surface area contributed by atoms with Crippen LogP contribution in [0, 0.1) is 0 Å². The Morgan fingerprint density at radius 3 is 2.19 bits per heavy atom. The molecule has 0 saturated carbocycles. The van der Waals surface area contributed by atoms with Crippen LogP contribution in [0.25, 0.3) is 0 Å². The van der Waals surface area contributed by atoms with Gasteiger partial charge in [-0.3, -0.25) is 4.79 Å². The Kier molecular flexibility index (Phi) is 6.41. The molecule has 8 heteroatoms. The van der Waals surface area contributed by atoms with Crippen LogP contribution in [0.1, 0.15) is 12.8 Å². The summed E-state index contributed by atoms with van der Waals surface area (Å²) in [5, 5.41) is 5.20. The zero-order valence-corrected chi connectivity index (χ0v) is 12.2. The lowest BCUT2D eigenvalue weighted by Gasteiger charge is -2.13. The van der Waals surface area contributed by atoms with Gasteiger partial charge in [0.1, 0.15) is 6.10 Å². The Labute approximate surface area is 128 Å². The fourth-order valence-corrected chi connectivity index (χ4v) is 2.07. The summed E-state index contributed by atoms with van der Waals surface area (Å²) in [6.45, 7) is 0.428. The first-order valence-corrected chi connectivity index (χ1v) is 6.41. The van der Waals surface area contributed by atoms with Crippen LogP contribution in [-0.2, 0) is 9.53 Å². The Bertz CT molecular complexity index is 495. The second-order valence-electron chi connectivity index (χ2n) is 4.62. The van der Waals surface area contributed by atoms with Crippen molar-refractivity contribution in [3.8, 4) is 0 Å². The van der Waals surface area contributed by atoms with Crippen LogP contribution in [0.5, 0.6) is 0 Å². The van der Waals surface area contributed by atoms with Gasteiger partial charge in [0.15, 0.2) is 0 Å². The number of nitrogens with two attached hydrogens (primary N) is 2. The third kappa shape index (κ3) is 4.89. The quantitative estimate of drug-likeness (QED) is 0.663. The normalized spacial score (nSPS) is 20.4. The third-order valence-corrected chi connectivity index (χ3v) is 3.08. The van der Waals surface area contributed by atoms with Gasteiger partial charge >= 0.3 is 6.03 Å². The van der Waals surface area contributed by atoms with Crippen LogP contribution in [0.2, 0.25) is 0 Å². The first-order chi connectivity index (χ1) is 9.58. The molecule has 1 saturated heterocycles. The number of hydrogen-bond acceptors (Lipinski definition) is 4. The van der Waals surface area contributed by atoms with Gasteiger partial charge in [0, 0.05) is 17.9 Å². The van der Waals surface area contributed by atoms with Crippen LogP contribution in [0.3, 0.4) is 0 Å². The van der Waals surface area contributed by atoms with E-state index in [0.29, 0.717) is 24.3 Å². The lowest BCUT2D eigenvalue weighted by atomic mass is 10.2. The Hall–Kier alpha value is -1.83. The zero-order chi connectivity index (χ0) is 14.5. The second kappa shape index (κ2) is 7.82. The Morgan fingerprint density at radius 1 is 1.14 bits per heavy atom. The maximum absolute atomic E-state index is 12.0. The molecule has 0 spiro atoms. The molecule has 0 bridgehead atoms. The molecule has 0 radical (unpaired) electrons. The highest BCUT2D eigenvalue weighted by Gasteiger charge is 2.29. The molecule has 1 heterocycles. The fraction of sp³-hybridized carbons (Fsp3) is 0.385. The minimum atomic E-state index is -0.631. The molecule has 7 nitrogen and oxygen atoms in total. The number of hydrogen-bond donors (Lipinski definition) is 4. The molecule has 21 heavy (non-hydrogen) atoms. The zero-order valence-electron chi connectivity index (χ0n) is 11.4. The molecule has 116 valence electrons. The number of nitrogens with one attached hydrogen (secondary N) is 2. The standard InChI is InChI=1S/C13H18N4O3.ClH/c14-7-10-5-6-11(20-10)12(18)16-8-1-3-9(4-2-8)17-13(15)19;/h1-4,10-11H,5-7,14H2,(H,16,18)(H3,15,17,19);1H/t10-,11+;/m1./s1. The van der Waals surface area contributed by atoms with E-state index in [9.17, 15) is 9.59 Å². The van der Waals surface area contributed by atoms with Crippen molar-refractivity contribution in [1.82, 2.24) is 0 Å². The Balaban J connectivity index is 0.00000220. The van der Waals surface area contributed by atoms with Gasteiger partial charge in [-0.15, -0.1) is 12.4 Å². The summed E-state index contributed by atoms with van der Waals surface area (Å²) < 4.78 is 5.51. The van der Waals surface area contributed by atoms with Gasteiger partial charge in [-0.25, -0.2) is 4.79 Å². The smallest absolute Gasteiger partial charge is 0.316 e. The maximum atomic E-state index is 12.0. The topological polar surface area (TPSA) is 119 Å². The van der Waals surface area contributed by atoms with Gasteiger partial charge in [0.05, 0.1) is 6.10 Å². The molecule has 3 amide bonds. The molecule has 1 aromatic carbocycles. The SMILES string of the molecule is Cl.NC[C@H]1CC[C@@H](C(=O)Nc2ccc(NC(N)=O)cc2)O1. The predicted molar refractivity (Wildman–Crippen MR) is 82.5 cm³/mol. The fourth-order valence-electron chi connectivity index (χ4n) is 2.07. The van der Waals surface area contributed by atoms with E-state index in [1.165, 1.54) is 0 Å². The average Bonchev–Trinajstić information content (AvgIpc) is 2.89. The van der Waals surface area contributed by atoms with Crippen molar-refractivity contribution in [2.45, 2.75) is 25.0 Å². The highest BCUT2D eigenvalue weighted by molar-refractivity contribution is 5.95. The lowest BCUT2D eigenvalue weighted by molar-refractivity contribution is -0.126. The number of primary amides is 1. The van der Waals surface area contributed by atoms with Crippen molar-refractivity contribution in [3.05, 3.63) is 24.3 Å². The summed E-state index contributed by atoms with van der Waals surface area (Å²) in [6, 6.07) is 6.03. The monoisotopic (exact) mass is 314 g/mol. The van der Waals surface area contributed by atoms with Crippen LogP contribution >= 0.6 is 12.4 Å². The first kappa shape index (κ1) is 17.2. The number of amides is 3. The second-order valence-corrected chi connectivity index (χ2v) is 4.62. The summed E-state index contributed by atoms with van der Waals surface area (Å²) >= 11 is 0. The molecular weight excluding hydrogens is 296 g/mol. The van der Waals surface area contributed by atoms with Gasteiger partial charge in [0.25, 0.3) is 5.91 Å². The largest absolute Gasteiger partial charge is 0.364 e. The molecule has 1 fully saturated rings. The van der Waals surface area contributed by atoms with Gasteiger partial charge in [-0.05, 0) is 37.1 Å². The molecule has 6 N–H and O–H groups in total. The Morgan fingerprint density at radius 2 is 1.71 bits per heavy atom. The first-order valence-electron chi connectivity index (χ1n) is 6.41. The van der Waals surface area contributed by atoms with E-state index in [0.717, 1.165) is 6.42 Å². The van der Waals surface area contributed by atoms with Crippen molar-refractivity contribution >= 4 is 35.7 Å². The van der Waals surface area contributed by atoms with Crippen LogP contribution in [0.15, 0.2) is 24.3 Å². The van der Waals surface area contributed by atoms with E-state index in [1.807, 2.05) is 0 Å². The minimum Gasteiger partial charge on any atom is -0.364 e. The average molecular weight is 315 g/mol. The summed E-state index contributed by atoms with van der Waals surface area (Å²) in [5.74, 6) is -0.184. The van der Waals surface area contributed by atoms with E-state index in [2.05, 4.69) is 10.6 Å². The number of benzene rings is 1. The van der Waals surface area contributed by atoms with Crippen molar-refractivity contribution in [2.75, 3.05) is 17.2 Å². The molecule has 0 aliphatic carbocycles. The summed E-state index contributed by atoms with van der Waals surface area (Å²) in [4.78, 5) is 22.7. The molecule has 0 aromatic heterocycles. The van der Waals surface area contributed by atoms with Crippen LogP contribution < -0.4 is 22.1 Å². The number of anilines is 2. The van der Waals surface area contributed by atoms with Crippen molar-refractivity contribution in [2.24, 2.45) is 11.5 Å². The third-order valence-electron chi connectivity index (χ3n) is 3.08. The van der Waals surface area contributed by atoms with Crippen molar-refractivity contribution < 1.29 is 14.3 Å². The van der Waals surface area contributed by atoms with Crippen LogP contribution in [0.4, 0.5) is 16.2 Å². The molecule has 0 unspecified atom stereocenters. The van der Waals surface area contributed by atoms with Gasteiger partial charge in [0.2, 0.25) is 0 Å². The number of rotatable bonds is 4. The van der Waals surface area contributed by atoms with Gasteiger partial charge in [-0.1, -0.05) is 0 Å². The number of halogens is 1. The minimum absolute atomic E-state index is 0. The highest BCUT2D eigenvalue weighted by Crippen LogP contribution is 2.21. The maximum Gasteiger partial charge on any atom is 0.316 e. The molecular formula is C13H19ClN4O3. The number of ether oxygens (including phenoxy) is 1. The van der Waals surface area contributed by atoms with E-state index in [-0.39, 0.29) is 24.4 Å². The van der Waals surface area contributed by atoms with E-state index < -0.39 is 12.1 Å². The van der Waals surface area contributed by atoms with E-state index >= 15 is 0 Å². The number of urea groups is 1. The van der Waals surface area contributed by atoms with Gasteiger partial charge in [-0.2, -0.15) is 0 Å². The summed E-state index contributed by atoms with van der Waals surface area (Å²) in [6.07, 6.45) is 0.991. The summed E-state index contributed by atoms with van der Waals surface area (Å²) in [5.41, 5.74) is 11.7. The van der Waals surface area contributed by atoms with Crippen LogP contribution in [-0.4, -0.2) is 30.7 Å². The van der Waals surface area contributed by atoms with Crippen molar-refractivity contribution in [1.29, 1.82) is 0 Å². The number of carbonyl (C=O) groups is 2. The molecule has 1 aliphatic rings. The van der Waals surface area contributed by atoms with E-state index in [4.69, 9.17) is 16.2 Å². The molecule has 1 aromatic rings. The lowest BCUT2D eigenvalue weighted by Crippen LogP contribution is -2.29. The molecule has 1 aliphatic heterocycles. The van der Waals surface area contributed by atoms with E-state index in [1.54, 1.807) is 24.3 Å². The van der Waals surface area contributed by atoms with Gasteiger partial charge < -0.3 is 26.8 Å². The molecule has 2 atom stereocenters. The van der Waals surface area contributed by atoms with Crippen molar-refractivity contribution in [3.63, 3.8) is 0 Å². The predicted octanol–water partition coefficient (Wildman–Crippen LogP) is 1.04. The summed E-state index contributed by atoms with van der Waals surface area (Å²) in [7, 11) is 0.